The van der Waals surface area contributed by atoms with Crippen LogP contribution in [-0.2, 0) is 7.05 Å². The first kappa shape index (κ1) is 17.2. The summed E-state index contributed by atoms with van der Waals surface area (Å²) in [5, 5.41) is 9.20. The Balaban J connectivity index is 1.38. The van der Waals surface area contributed by atoms with Gasteiger partial charge in [0.15, 0.2) is 5.65 Å². The monoisotopic (exact) mass is 382 g/mol. The van der Waals surface area contributed by atoms with Crippen LogP contribution >= 0.6 is 0 Å². The van der Waals surface area contributed by atoms with Crippen molar-refractivity contribution in [2.45, 2.75) is 6.92 Å². The van der Waals surface area contributed by atoms with E-state index < -0.39 is 0 Å². The zero-order valence-corrected chi connectivity index (χ0v) is 16.0. The van der Waals surface area contributed by atoms with Gasteiger partial charge in [-0.15, -0.1) is 0 Å². The number of furan rings is 1. The van der Waals surface area contributed by atoms with Crippen molar-refractivity contribution in [1.29, 1.82) is 0 Å². The fourth-order valence-electron chi connectivity index (χ4n) is 3.48. The van der Waals surface area contributed by atoms with Crippen molar-refractivity contribution in [2.75, 3.05) is 5.32 Å². The van der Waals surface area contributed by atoms with Gasteiger partial charge in [-0.3, -0.25) is 9.48 Å². The maximum absolute atomic E-state index is 12.7. The number of nitrogens with one attached hydrogen (secondary N) is 1. The number of fused-ring (bicyclic) bond motifs is 2. The molecule has 0 aliphatic rings. The normalized spacial score (nSPS) is 11.2. The number of nitrogens with zero attached hydrogens (tertiary/aromatic N) is 3. The van der Waals surface area contributed by atoms with Crippen LogP contribution < -0.4 is 5.32 Å². The molecule has 0 fully saturated rings. The second-order valence-electron chi connectivity index (χ2n) is 6.98. The van der Waals surface area contributed by atoms with Gasteiger partial charge in [-0.2, -0.15) is 5.10 Å². The van der Waals surface area contributed by atoms with E-state index in [2.05, 4.69) is 15.4 Å². The molecule has 5 aromatic rings. The Morgan fingerprint density at radius 3 is 2.66 bits per heavy atom. The Bertz CT molecular complexity index is 1330. The fourth-order valence-corrected chi connectivity index (χ4v) is 3.48. The predicted octanol–water partition coefficient (Wildman–Crippen LogP) is 4.94. The van der Waals surface area contributed by atoms with E-state index in [0.29, 0.717) is 11.3 Å². The third-order valence-electron chi connectivity index (χ3n) is 4.98. The lowest BCUT2D eigenvalue weighted by atomic mass is 10.1. The molecule has 6 heteroatoms. The number of anilines is 1. The Morgan fingerprint density at radius 1 is 1.07 bits per heavy atom. The molecule has 1 amide bonds. The number of benzene rings is 2. The molecule has 0 spiro atoms. The Labute approximate surface area is 166 Å². The lowest BCUT2D eigenvalue weighted by Gasteiger charge is -2.06. The van der Waals surface area contributed by atoms with E-state index in [9.17, 15) is 4.79 Å². The molecule has 0 saturated carbocycles. The van der Waals surface area contributed by atoms with Crippen LogP contribution in [0, 0.1) is 6.92 Å². The molecule has 1 N–H and O–H groups in total. The van der Waals surface area contributed by atoms with Crippen molar-refractivity contribution < 1.29 is 9.21 Å². The number of hydrogen-bond acceptors (Lipinski definition) is 4. The zero-order valence-electron chi connectivity index (χ0n) is 16.0. The summed E-state index contributed by atoms with van der Waals surface area (Å²) >= 11 is 0. The number of carbonyl (C=O) groups excluding carboxylic acids is 1. The lowest BCUT2D eigenvalue weighted by Crippen LogP contribution is -2.12. The van der Waals surface area contributed by atoms with E-state index in [-0.39, 0.29) is 5.91 Å². The van der Waals surface area contributed by atoms with Crippen LogP contribution in [0.2, 0.25) is 0 Å². The summed E-state index contributed by atoms with van der Waals surface area (Å²) < 4.78 is 7.61. The van der Waals surface area contributed by atoms with Crippen LogP contribution in [0.5, 0.6) is 0 Å². The molecule has 0 bridgehead atoms. The highest BCUT2D eigenvalue weighted by molar-refractivity contribution is 6.05. The highest BCUT2D eigenvalue weighted by Crippen LogP contribution is 2.28. The molecule has 29 heavy (non-hydrogen) atoms. The molecule has 0 saturated heterocycles. The molecule has 0 aliphatic heterocycles. The minimum atomic E-state index is -0.209. The molecule has 5 rings (SSSR count). The zero-order chi connectivity index (χ0) is 20.0. The Hall–Kier alpha value is -3.93. The van der Waals surface area contributed by atoms with Gasteiger partial charge in [0.2, 0.25) is 0 Å². The van der Waals surface area contributed by atoms with E-state index in [1.54, 1.807) is 10.9 Å². The van der Waals surface area contributed by atoms with E-state index in [1.807, 2.05) is 74.6 Å². The van der Waals surface area contributed by atoms with Crippen molar-refractivity contribution in [3.05, 3.63) is 78.1 Å². The standard InChI is InChI=1S/C23H18N4O2/c1-14-19-11-17(13-24-22(19)27(2)26-14)23(28)25-18-9-7-15(8-10-18)21-12-16-5-3-4-6-20(16)29-21/h3-13H,1-2H3,(H,25,28). The largest absolute Gasteiger partial charge is 0.456 e. The molecular weight excluding hydrogens is 364 g/mol. The van der Waals surface area contributed by atoms with Crippen LogP contribution in [0.1, 0.15) is 16.1 Å². The number of aromatic nitrogens is 3. The average Bonchev–Trinajstić information content (AvgIpc) is 3.29. The summed E-state index contributed by atoms with van der Waals surface area (Å²) in [6.07, 6.45) is 1.57. The smallest absolute Gasteiger partial charge is 0.257 e. The second kappa shape index (κ2) is 6.60. The van der Waals surface area contributed by atoms with Gasteiger partial charge in [0.1, 0.15) is 11.3 Å². The van der Waals surface area contributed by atoms with Crippen molar-refractivity contribution in [2.24, 2.45) is 7.05 Å². The molecule has 0 unspecified atom stereocenters. The molecule has 2 aromatic carbocycles. The third-order valence-corrected chi connectivity index (χ3v) is 4.98. The average molecular weight is 382 g/mol. The van der Waals surface area contributed by atoms with Gasteiger partial charge in [-0.25, -0.2) is 4.98 Å². The third kappa shape index (κ3) is 3.04. The van der Waals surface area contributed by atoms with Gasteiger partial charge in [0.05, 0.1) is 11.3 Å². The SMILES string of the molecule is Cc1nn(C)c2ncc(C(=O)Nc3ccc(-c4cc5ccccc5o4)cc3)cc12. The molecular formula is C23H18N4O2. The number of pyridine rings is 1. The summed E-state index contributed by atoms with van der Waals surface area (Å²) in [5.41, 5.74) is 4.61. The van der Waals surface area contributed by atoms with Crippen LogP contribution in [0.15, 0.2) is 71.3 Å². The highest BCUT2D eigenvalue weighted by Gasteiger charge is 2.12. The highest BCUT2D eigenvalue weighted by atomic mass is 16.3. The number of para-hydroxylation sites is 1. The molecule has 0 radical (unpaired) electrons. The first-order chi connectivity index (χ1) is 14.1. The minimum Gasteiger partial charge on any atom is -0.456 e. The van der Waals surface area contributed by atoms with Gasteiger partial charge in [-0.1, -0.05) is 18.2 Å². The van der Waals surface area contributed by atoms with E-state index in [0.717, 1.165) is 39.0 Å². The summed E-state index contributed by atoms with van der Waals surface area (Å²) in [6, 6.07) is 19.3. The predicted molar refractivity (Wildman–Crippen MR) is 113 cm³/mol. The lowest BCUT2D eigenvalue weighted by molar-refractivity contribution is 0.102. The minimum absolute atomic E-state index is 0.209. The summed E-state index contributed by atoms with van der Waals surface area (Å²) in [7, 11) is 1.84. The van der Waals surface area contributed by atoms with Crippen molar-refractivity contribution in [3.8, 4) is 11.3 Å². The molecule has 142 valence electrons. The topological polar surface area (TPSA) is 73.0 Å². The molecule has 0 atom stereocenters. The summed E-state index contributed by atoms with van der Waals surface area (Å²) in [5.74, 6) is 0.588. The van der Waals surface area contributed by atoms with Crippen LogP contribution in [0.25, 0.3) is 33.3 Å². The molecule has 3 heterocycles. The number of amides is 1. The number of rotatable bonds is 3. The quantitative estimate of drug-likeness (QED) is 0.480. The molecule has 3 aromatic heterocycles. The van der Waals surface area contributed by atoms with Gasteiger partial charge < -0.3 is 9.73 Å². The Morgan fingerprint density at radius 2 is 1.86 bits per heavy atom. The van der Waals surface area contributed by atoms with Crippen molar-refractivity contribution in [3.63, 3.8) is 0 Å². The number of carbonyl (C=O) groups is 1. The van der Waals surface area contributed by atoms with Crippen LogP contribution in [-0.4, -0.2) is 20.7 Å². The van der Waals surface area contributed by atoms with Gasteiger partial charge in [-0.05, 0) is 49.4 Å². The van der Waals surface area contributed by atoms with E-state index >= 15 is 0 Å². The Kier molecular flexibility index (Phi) is 3.91. The van der Waals surface area contributed by atoms with E-state index in [1.165, 1.54) is 0 Å². The maximum Gasteiger partial charge on any atom is 0.257 e. The molecule has 6 nitrogen and oxygen atoms in total. The van der Waals surface area contributed by atoms with Crippen molar-refractivity contribution >= 4 is 33.6 Å². The number of hydrogen-bond donors (Lipinski definition) is 1. The summed E-state index contributed by atoms with van der Waals surface area (Å²) in [4.78, 5) is 17.0. The van der Waals surface area contributed by atoms with Crippen LogP contribution in [0.3, 0.4) is 0 Å². The van der Waals surface area contributed by atoms with Crippen molar-refractivity contribution in [1.82, 2.24) is 14.8 Å². The van der Waals surface area contributed by atoms with Gasteiger partial charge >= 0.3 is 0 Å². The number of aryl methyl sites for hydroxylation is 2. The van der Waals surface area contributed by atoms with E-state index in [4.69, 9.17) is 4.42 Å². The first-order valence-corrected chi connectivity index (χ1v) is 9.28. The molecule has 0 aliphatic carbocycles. The fraction of sp³-hybridized carbons (Fsp3) is 0.0870. The second-order valence-corrected chi connectivity index (χ2v) is 6.98. The summed E-state index contributed by atoms with van der Waals surface area (Å²) in [6.45, 7) is 1.91. The van der Waals surface area contributed by atoms with Gasteiger partial charge in [0.25, 0.3) is 5.91 Å². The van der Waals surface area contributed by atoms with Crippen LogP contribution in [0.4, 0.5) is 5.69 Å². The maximum atomic E-state index is 12.7. The first-order valence-electron chi connectivity index (χ1n) is 9.28. The van der Waals surface area contributed by atoms with Gasteiger partial charge in [0, 0.05) is 35.3 Å².